The standard InChI is InChI=1S/C9H9N7O/c10-9(11)13-8(17)6-2-1-3-7(4-6)16-5-12-14-15-16/h1-5H,(H4,10,11,13,17). The van der Waals surface area contributed by atoms with E-state index in [0.29, 0.717) is 11.3 Å². The molecule has 0 unspecified atom stereocenters. The van der Waals surface area contributed by atoms with Crippen molar-refractivity contribution >= 4 is 11.9 Å². The van der Waals surface area contributed by atoms with E-state index in [0.717, 1.165) is 0 Å². The molecule has 0 bridgehead atoms. The van der Waals surface area contributed by atoms with Crippen molar-refractivity contribution in [3.05, 3.63) is 36.2 Å². The van der Waals surface area contributed by atoms with Crippen molar-refractivity contribution in [2.24, 2.45) is 16.5 Å². The summed E-state index contributed by atoms with van der Waals surface area (Å²) in [6.07, 6.45) is 1.42. The van der Waals surface area contributed by atoms with Crippen LogP contribution in [0.2, 0.25) is 0 Å². The smallest absolute Gasteiger partial charge is 0.280 e. The molecule has 1 amide bonds. The van der Waals surface area contributed by atoms with E-state index in [4.69, 9.17) is 11.5 Å². The average Bonchev–Trinajstić information content (AvgIpc) is 2.82. The van der Waals surface area contributed by atoms with E-state index in [9.17, 15) is 4.79 Å². The molecular weight excluding hydrogens is 222 g/mol. The van der Waals surface area contributed by atoms with E-state index in [1.54, 1.807) is 24.3 Å². The van der Waals surface area contributed by atoms with Gasteiger partial charge < -0.3 is 11.5 Å². The highest BCUT2D eigenvalue weighted by Gasteiger charge is 2.06. The molecule has 1 aromatic carbocycles. The molecule has 0 saturated heterocycles. The highest BCUT2D eigenvalue weighted by atomic mass is 16.1. The van der Waals surface area contributed by atoms with Gasteiger partial charge in [0.05, 0.1) is 5.69 Å². The zero-order chi connectivity index (χ0) is 12.3. The van der Waals surface area contributed by atoms with Crippen LogP contribution in [0.15, 0.2) is 35.6 Å². The number of hydrogen-bond acceptors (Lipinski definition) is 4. The molecule has 2 aromatic rings. The highest BCUT2D eigenvalue weighted by molar-refractivity contribution is 6.02. The van der Waals surface area contributed by atoms with E-state index >= 15 is 0 Å². The summed E-state index contributed by atoms with van der Waals surface area (Å²) in [4.78, 5) is 15.0. The Labute approximate surface area is 95.9 Å². The number of carbonyl (C=O) groups excluding carboxylic acids is 1. The second-order valence-corrected chi connectivity index (χ2v) is 3.15. The van der Waals surface area contributed by atoms with Crippen LogP contribution in [-0.4, -0.2) is 32.1 Å². The lowest BCUT2D eigenvalue weighted by Crippen LogP contribution is -2.24. The number of aromatic nitrogens is 4. The van der Waals surface area contributed by atoms with Gasteiger partial charge in [-0.05, 0) is 28.6 Å². The summed E-state index contributed by atoms with van der Waals surface area (Å²) < 4.78 is 1.42. The number of tetrazole rings is 1. The van der Waals surface area contributed by atoms with E-state index in [1.165, 1.54) is 11.0 Å². The fourth-order valence-corrected chi connectivity index (χ4v) is 1.24. The van der Waals surface area contributed by atoms with Crippen LogP contribution in [0.5, 0.6) is 0 Å². The van der Waals surface area contributed by atoms with E-state index in [2.05, 4.69) is 20.5 Å². The number of rotatable bonds is 2. The van der Waals surface area contributed by atoms with Gasteiger partial charge in [-0.2, -0.15) is 4.99 Å². The Morgan fingerprint density at radius 3 is 2.82 bits per heavy atom. The van der Waals surface area contributed by atoms with Gasteiger partial charge in [0.15, 0.2) is 5.96 Å². The van der Waals surface area contributed by atoms with Gasteiger partial charge in [0.1, 0.15) is 6.33 Å². The molecule has 0 spiro atoms. The van der Waals surface area contributed by atoms with Crippen molar-refractivity contribution in [1.29, 1.82) is 0 Å². The lowest BCUT2D eigenvalue weighted by Gasteiger charge is -2.01. The summed E-state index contributed by atoms with van der Waals surface area (Å²) in [5.74, 6) is -0.789. The largest absolute Gasteiger partial charge is 0.370 e. The molecule has 0 radical (unpaired) electrons. The third kappa shape index (κ3) is 2.43. The van der Waals surface area contributed by atoms with Crippen LogP contribution in [-0.2, 0) is 0 Å². The Bertz CT molecular complexity index is 556. The van der Waals surface area contributed by atoms with Gasteiger partial charge in [-0.15, -0.1) is 5.10 Å². The van der Waals surface area contributed by atoms with Gasteiger partial charge in [0.25, 0.3) is 5.91 Å². The Kier molecular flexibility index (Phi) is 2.77. The number of nitrogens with zero attached hydrogens (tertiary/aromatic N) is 5. The Balaban J connectivity index is 2.36. The quantitative estimate of drug-likeness (QED) is 0.508. The predicted molar refractivity (Wildman–Crippen MR) is 59.3 cm³/mol. The third-order valence-corrected chi connectivity index (χ3v) is 1.94. The zero-order valence-electron chi connectivity index (χ0n) is 8.69. The summed E-state index contributed by atoms with van der Waals surface area (Å²) in [7, 11) is 0. The first kappa shape index (κ1) is 10.7. The Morgan fingerprint density at radius 2 is 2.18 bits per heavy atom. The number of amides is 1. The molecule has 86 valence electrons. The second kappa shape index (κ2) is 4.39. The van der Waals surface area contributed by atoms with Crippen molar-refractivity contribution < 1.29 is 4.79 Å². The summed E-state index contributed by atoms with van der Waals surface area (Å²) in [5.41, 5.74) is 11.3. The topological polar surface area (TPSA) is 125 Å². The SMILES string of the molecule is NC(N)=NC(=O)c1cccc(-n2cnnn2)c1. The average molecular weight is 231 g/mol. The number of benzene rings is 1. The summed E-state index contributed by atoms with van der Waals surface area (Å²) in [6, 6.07) is 6.63. The maximum Gasteiger partial charge on any atom is 0.280 e. The van der Waals surface area contributed by atoms with Crippen molar-refractivity contribution in [3.63, 3.8) is 0 Å². The molecule has 17 heavy (non-hydrogen) atoms. The summed E-state index contributed by atoms with van der Waals surface area (Å²) in [5, 5.41) is 10.7. The van der Waals surface area contributed by atoms with Crippen molar-refractivity contribution in [1.82, 2.24) is 20.2 Å². The second-order valence-electron chi connectivity index (χ2n) is 3.15. The molecule has 8 nitrogen and oxygen atoms in total. The molecule has 1 aromatic heterocycles. The fraction of sp³-hybridized carbons (Fsp3) is 0. The highest BCUT2D eigenvalue weighted by Crippen LogP contribution is 2.09. The van der Waals surface area contributed by atoms with Crippen LogP contribution < -0.4 is 11.5 Å². The number of hydrogen-bond donors (Lipinski definition) is 2. The van der Waals surface area contributed by atoms with Crippen LogP contribution in [0.4, 0.5) is 0 Å². The van der Waals surface area contributed by atoms with Gasteiger partial charge in [-0.25, -0.2) is 4.68 Å². The predicted octanol–water partition coefficient (Wildman–Crippen LogP) is -0.924. The molecule has 8 heteroatoms. The monoisotopic (exact) mass is 231 g/mol. The fourth-order valence-electron chi connectivity index (χ4n) is 1.24. The molecule has 2 rings (SSSR count). The van der Waals surface area contributed by atoms with Crippen molar-refractivity contribution in [3.8, 4) is 5.69 Å². The minimum Gasteiger partial charge on any atom is -0.370 e. The van der Waals surface area contributed by atoms with Crippen LogP contribution in [0, 0.1) is 0 Å². The lowest BCUT2D eigenvalue weighted by molar-refractivity contribution is 0.100. The molecule has 1 heterocycles. The molecule has 4 N–H and O–H groups in total. The van der Waals surface area contributed by atoms with E-state index < -0.39 is 5.91 Å². The van der Waals surface area contributed by atoms with E-state index in [1.807, 2.05) is 0 Å². The maximum atomic E-state index is 11.6. The molecule has 0 saturated carbocycles. The van der Waals surface area contributed by atoms with Crippen LogP contribution in [0.3, 0.4) is 0 Å². The first-order valence-corrected chi connectivity index (χ1v) is 4.64. The molecule has 0 aliphatic carbocycles. The van der Waals surface area contributed by atoms with Crippen molar-refractivity contribution in [2.45, 2.75) is 0 Å². The van der Waals surface area contributed by atoms with Crippen LogP contribution >= 0.6 is 0 Å². The van der Waals surface area contributed by atoms with Gasteiger partial charge in [-0.3, -0.25) is 4.79 Å². The maximum absolute atomic E-state index is 11.6. The van der Waals surface area contributed by atoms with Crippen LogP contribution in [0.25, 0.3) is 5.69 Å². The van der Waals surface area contributed by atoms with Gasteiger partial charge >= 0.3 is 0 Å². The summed E-state index contributed by atoms with van der Waals surface area (Å²) in [6.45, 7) is 0. The van der Waals surface area contributed by atoms with E-state index in [-0.39, 0.29) is 5.96 Å². The Hall–Kier alpha value is -2.77. The number of carbonyl (C=O) groups is 1. The molecule has 0 aliphatic rings. The first-order chi connectivity index (χ1) is 8.16. The van der Waals surface area contributed by atoms with Gasteiger partial charge in [-0.1, -0.05) is 6.07 Å². The lowest BCUT2D eigenvalue weighted by atomic mass is 10.2. The number of aliphatic imine (C=N–C) groups is 1. The minimum absolute atomic E-state index is 0.275. The molecule has 0 aliphatic heterocycles. The van der Waals surface area contributed by atoms with Crippen LogP contribution in [0.1, 0.15) is 10.4 Å². The number of guanidine groups is 1. The minimum atomic E-state index is -0.514. The van der Waals surface area contributed by atoms with Gasteiger partial charge in [0, 0.05) is 5.56 Å². The molecular formula is C9H9N7O. The molecule has 0 fully saturated rings. The summed E-state index contributed by atoms with van der Waals surface area (Å²) >= 11 is 0. The first-order valence-electron chi connectivity index (χ1n) is 4.64. The normalized spacial score (nSPS) is 9.88. The van der Waals surface area contributed by atoms with Gasteiger partial charge in [0.2, 0.25) is 0 Å². The third-order valence-electron chi connectivity index (χ3n) is 1.94. The van der Waals surface area contributed by atoms with Crippen molar-refractivity contribution in [2.75, 3.05) is 0 Å². The number of nitrogens with two attached hydrogens (primary N) is 2. The molecule has 0 atom stereocenters. The zero-order valence-corrected chi connectivity index (χ0v) is 8.69. The Morgan fingerprint density at radius 1 is 1.35 bits per heavy atom.